The zero-order valence-electron chi connectivity index (χ0n) is 15.0. The number of ketones is 1. The van der Waals surface area contributed by atoms with Crippen molar-refractivity contribution in [1.29, 1.82) is 0 Å². The second-order valence-electron chi connectivity index (χ2n) is 6.63. The van der Waals surface area contributed by atoms with E-state index in [0.717, 1.165) is 30.3 Å². The van der Waals surface area contributed by atoms with Crippen LogP contribution in [0.25, 0.3) is 0 Å². The van der Waals surface area contributed by atoms with Gasteiger partial charge in [-0.25, -0.2) is 8.78 Å². The number of alkyl halides is 3. The molecule has 29 heavy (non-hydrogen) atoms. The maximum atomic E-state index is 13.8. The van der Waals surface area contributed by atoms with Gasteiger partial charge in [-0.2, -0.15) is 0 Å². The lowest BCUT2D eigenvalue weighted by molar-refractivity contribution is -0.274. The molecule has 1 fully saturated rings. The number of Topliss-reactive ketones (excluding diaryl/α,β-unsaturated/α-hetero) is 1. The monoisotopic (exact) mass is 413 g/mol. The van der Waals surface area contributed by atoms with Crippen molar-refractivity contribution >= 4 is 11.7 Å². The molecule has 0 N–H and O–H groups in total. The third-order valence-corrected chi connectivity index (χ3v) is 4.68. The van der Waals surface area contributed by atoms with Crippen LogP contribution in [0, 0.1) is 17.6 Å². The molecule has 154 valence electrons. The highest BCUT2D eigenvalue weighted by molar-refractivity contribution is 5.98. The number of hydrogen-bond donors (Lipinski definition) is 0. The van der Waals surface area contributed by atoms with E-state index in [1.807, 2.05) is 0 Å². The standard InChI is InChI=1S/C20H16F5NO3/c21-14-3-6-17(22)16(11-14)18(27)12-7-9-26(10-8-12)19(28)13-1-4-15(5-2-13)29-20(23,24)25/h1-6,11-12H,7-10H2. The molecule has 0 bridgehead atoms. The highest BCUT2D eigenvalue weighted by Gasteiger charge is 2.32. The van der Waals surface area contributed by atoms with E-state index in [-0.39, 0.29) is 37.1 Å². The van der Waals surface area contributed by atoms with Crippen LogP contribution in [0.3, 0.4) is 0 Å². The number of amides is 1. The number of carbonyl (C=O) groups is 2. The predicted octanol–water partition coefficient (Wildman–Crippen LogP) is 4.60. The molecule has 2 aromatic rings. The molecule has 0 unspecified atom stereocenters. The van der Waals surface area contributed by atoms with Crippen LogP contribution in [0.2, 0.25) is 0 Å². The van der Waals surface area contributed by atoms with Crippen molar-refractivity contribution < 1.29 is 36.3 Å². The first-order valence-electron chi connectivity index (χ1n) is 8.78. The maximum absolute atomic E-state index is 13.8. The highest BCUT2D eigenvalue weighted by Crippen LogP contribution is 2.26. The lowest BCUT2D eigenvalue weighted by Gasteiger charge is -2.31. The number of halogens is 5. The van der Waals surface area contributed by atoms with Crippen molar-refractivity contribution in [2.24, 2.45) is 5.92 Å². The Morgan fingerprint density at radius 2 is 1.59 bits per heavy atom. The predicted molar refractivity (Wildman–Crippen MR) is 92.4 cm³/mol. The number of carbonyl (C=O) groups excluding carboxylic acids is 2. The summed E-state index contributed by atoms with van der Waals surface area (Å²) in [5.41, 5.74) is -0.129. The minimum absolute atomic E-state index is 0.181. The molecular weight excluding hydrogens is 397 g/mol. The molecule has 1 aliphatic rings. The molecule has 0 aromatic heterocycles. The zero-order valence-corrected chi connectivity index (χ0v) is 15.0. The van der Waals surface area contributed by atoms with Crippen molar-refractivity contribution in [2.75, 3.05) is 13.1 Å². The van der Waals surface area contributed by atoms with E-state index in [9.17, 15) is 31.5 Å². The third-order valence-electron chi connectivity index (χ3n) is 4.68. The van der Waals surface area contributed by atoms with Crippen molar-refractivity contribution in [3.63, 3.8) is 0 Å². The topological polar surface area (TPSA) is 46.6 Å². The lowest BCUT2D eigenvalue weighted by Crippen LogP contribution is -2.40. The van der Waals surface area contributed by atoms with Gasteiger partial charge in [0.15, 0.2) is 5.78 Å². The van der Waals surface area contributed by atoms with E-state index in [1.165, 1.54) is 17.0 Å². The van der Waals surface area contributed by atoms with Crippen molar-refractivity contribution in [2.45, 2.75) is 19.2 Å². The van der Waals surface area contributed by atoms with E-state index < -0.39 is 41.4 Å². The minimum atomic E-state index is -4.82. The Kier molecular flexibility index (Phi) is 5.86. The Morgan fingerprint density at radius 1 is 0.966 bits per heavy atom. The average Bonchev–Trinajstić information content (AvgIpc) is 2.68. The Hall–Kier alpha value is -2.97. The molecule has 4 nitrogen and oxygen atoms in total. The van der Waals surface area contributed by atoms with Gasteiger partial charge < -0.3 is 9.64 Å². The summed E-state index contributed by atoms with van der Waals surface area (Å²) in [7, 11) is 0. The molecule has 1 aliphatic heterocycles. The molecule has 1 amide bonds. The van der Waals surface area contributed by atoms with Crippen LogP contribution in [0.4, 0.5) is 22.0 Å². The number of likely N-dealkylation sites (tertiary alicyclic amines) is 1. The summed E-state index contributed by atoms with van der Waals surface area (Å²) in [5, 5.41) is 0. The van der Waals surface area contributed by atoms with Gasteiger partial charge in [0.25, 0.3) is 5.91 Å². The van der Waals surface area contributed by atoms with Gasteiger partial charge in [0.05, 0.1) is 5.56 Å². The first kappa shape index (κ1) is 20.8. The first-order valence-corrected chi connectivity index (χ1v) is 8.78. The summed E-state index contributed by atoms with van der Waals surface area (Å²) in [6.45, 7) is 0.431. The molecule has 1 heterocycles. The minimum Gasteiger partial charge on any atom is -0.406 e. The van der Waals surface area contributed by atoms with Crippen molar-refractivity contribution in [1.82, 2.24) is 4.90 Å². The third kappa shape index (κ3) is 5.10. The lowest BCUT2D eigenvalue weighted by atomic mass is 9.88. The molecule has 3 rings (SSSR count). The number of hydrogen-bond acceptors (Lipinski definition) is 3. The van der Waals surface area contributed by atoms with E-state index in [1.54, 1.807) is 0 Å². The van der Waals surface area contributed by atoms with Crippen LogP contribution in [0.5, 0.6) is 5.75 Å². The van der Waals surface area contributed by atoms with Crippen molar-refractivity contribution in [3.8, 4) is 5.75 Å². The summed E-state index contributed by atoms with van der Waals surface area (Å²) < 4.78 is 67.5. The SMILES string of the molecule is O=C(c1cc(F)ccc1F)C1CCN(C(=O)c2ccc(OC(F)(F)F)cc2)CC1. The molecule has 2 aromatic carbocycles. The highest BCUT2D eigenvalue weighted by atomic mass is 19.4. The summed E-state index contributed by atoms with van der Waals surface area (Å²) in [6.07, 6.45) is -4.27. The second kappa shape index (κ2) is 8.18. The first-order chi connectivity index (χ1) is 13.6. The molecular formula is C20H16F5NO3. The second-order valence-corrected chi connectivity index (χ2v) is 6.63. The Labute approximate surface area is 162 Å². The normalized spacial score (nSPS) is 15.3. The molecule has 0 spiro atoms. The van der Waals surface area contributed by atoms with Crippen LogP contribution < -0.4 is 4.74 Å². The Bertz CT molecular complexity index is 903. The van der Waals surface area contributed by atoms with E-state index >= 15 is 0 Å². The van der Waals surface area contributed by atoms with Crippen LogP contribution in [-0.2, 0) is 0 Å². The van der Waals surface area contributed by atoms with Gasteiger partial charge in [0, 0.05) is 24.6 Å². The Balaban J connectivity index is 1.61. The summed E-state index contributed by atoms with van der Waals surface area (Å²) in [5.74, 6) is -3.39. The fraction of sp³-hybridized carbons (Fsp3) is 0.300. The van der Waals surface area contributed by atoms with Gasteiger partial charge in [0.1, 0.15) is 17.4 Å². The van der Waals surface area contributed by atoms with Gasteiger partial charge in [-0.15, -0.1) is 13.2 Å². The number of ether oxygens (including phenoxy) is 1. The smallest absolute Gasteiger partial charge is 0.406 e. The van der Waals surface area contributed by atoms with Crippen molar-refractivity contribution in [3.05, 3.63) is 65.2 Å². The summed E-state index contributed by atoms with van der Waals surface area (Å²) in [4.78, 5) is 26.4. The zero-order chi connectivity index (χ0) is 21.2. The summed E-state index contributed by atoms with van der Waals surface area (Å²) in [6, 6.07) is 7.23. The average molecular weight is 413 g/mol. The summed E-state index contributed by atoms with van der Waals surface area (Å²) >= 11 is 0. The fourth-order valence-corrected chi connectivity index (χ4v) is 3.23. The number of benzene rings is 2. The molecule has 0 aliphatic carbocycles. The molecule has 1 saturated heterocycles. The van der Waals surface area contributed by atoms with Gasteiger partial charge >= 0.3 is 6.36 Å². The molecule has 0 radical (unpaired) electrons. The maximum Gasteiger partial charge on any atom is 0.573 e. The van der Waals surface area contributed by atoms with Gasteiger partial charge in [-0.3, -0.25) is 9.59 Å². The van der Waals surface area contributed by atoms with E-state index in [4.69, 9.17) is 0 Å². The van der Waals surface area contributed by atoms with E-state index in [2.05, 4.69) is 4.74 Å². The molecule has 0 atom stereocenters. The van der Waals surface area contributed by atoms with Crippen LogP contribution in [0.1, 0.15) is 33.6 Å². The van der Waals surface area contributed by atoms with Gasteiger partial charge in [0.2, 0.25) is 0 Å². The quantitative estimate of drug-likeness (QED) is 0.544. The largest absolute Gasteiger partial charge is 0.573 e. The van der Waals surface area contributed by atoms with E-state index in [0.29, 0.717) is 0 Å². The number of rotatable bonds is 4. The van der Waals surface area contributed by atoms with Crippen LogP contribution >= 0.6 is 0 Å². The number of piperidine rings is 1. The van der Waals surface area contributed by atoms with Gasteiger partial charge in [-0.1, -0.05) is 0 Å². The van der Waals surface area contributed by atoms with Gasteiger partial charge in [-0.05, 0) is 55.3 Å². The van der Waals surface area contributed by atoms with Crippen LogP contribution in [0.15, 0.2) is 42.5 Å². The van der Waals surface area contributed by atoms with Crippen LogP contribution in [-0.4, -0.2) is 36.0 Å². The fourth-order valence-electron chi connectivity index (χ4n) is 3.23. The molecule has 0 saturated carbocycles. The number of nitrogens with zero attached hydrogens (tertiary/aromatic N) is 1. The Morgan fingerprint density at radius 3 is 2.17 bits per heavy atom. The molecule has 9 heteroatoms.